The molecule has 3 heterocycles. The van der Waals surface area contributed by atoms with E-state index in [1.807, 2.05) is 42.6 Å². The van der Waals surface area contributed by atoms with Crippen molar-refractivity contribution in [3.05, 3.63) is 107 Å². The first-order valence-corrected chi connectivity index (χ1v) is 15.8. The molecule has 1 aliphatic carbocycles. The summed E-state index contributed by atoms with van der Waals surface area (Å²) < 4.78 is 31.3. The monoisotopic (exact) mass is 582 g/mol. The average molecular weight is 583 g/mol. The predicted octanol–water partition coefficient (Wildman–Crippen LogP) is 7.76. The van der Waals surface area contributed by atoms with Gasteiger partial charge in [-0.05, 0) is 78.3 Å². The Morgan fingerprint density at radius 2 is 1.71 bits per heavy atom. The molecule has 0 spiro atoms. The van der Waals surface area contributed by atoms with E-state index in [0.717, 1.165) is 53.1 Å². The van der Waals surface area contributed by atoms with Gasteiger partial charge >= 0.3 is 7.82 Å². The van der Waals surface area contributed by atoms with Crippen LogP contribution in [0.4, 0.5) is 11.5 Å². The molecule has 2 aromatic heterocycles. The number of benzene rings is 3. The second kappa shape index (κ2) is 11.1. The van der Waals surface area contributed by atoms with Gasteiger partial charge in [-0.3, -0.25) is 9.52 Å². The van der Waals surface area contributed by atoms with Crippen molar-refractivity contribution >= 4 is 47.1 Å². The standard InChI is InChI=1S/C31H27N4O4PS/c36-40(38-25-7-3-1-4-8-25,39-26-9-5-2-6-10-26)37-19-21-11-14-27-28(15-21)41-31-29(27)30(33-20-34-31)35-24-13-12-22-17-32-18-23(22)16-24/h1-10,12-13,16,18,20-21H,11,14-15,17,19H2,(H,33,34,35). The molecule has 2 aliphatic rings. The zero-order valence-corrected chi connectivity index (χ0v) is 23.8. The van der Waals surface area contributed by atoms with E-state index in [1.54, 1.807) is 41.9 Å². The minimum Gasteiger partial charge on any atom is -0.395 e. The molecule has 0 bridgehead atoms. The van der Waals surface area contributed by atoms with Crippen molar-refractivity contribution in [1.82, 2.24) is 9.97 Å². The molecule has 1 unspecified atom stereocenters. The topological polar surface area (TPSA) is 94.9 Å². The summed E-state index contributed by atoms with van der Waals surface area (Å²) in [6, 6.07) is 24.2. The quantitative estimate of drug-likeness (QED) is 0.178. The summed E-state index contributed by atoms with van der Waals surface area (Å²) >= 11 is 1.69. The highest BCUT2D eigenvalue weighted by atomic mass is 32.1. The Morgan fingerprint density at radius 3 is 2.46 bits per heavy atom. The third kappa shape index (κ3) is 5.61. The minimum atomic E-state index is -3.93. The lowest BCUT2D eigenvalue weighted by Crippen LogP contribution is -2.19. The van der Waals surface area contributed by atoms with Crippen molar-refractivity contribution in [2.24, 2.45) is 10.9 Å². The van der Waals surface area contributed by atoms with E-state index in [0.29, 0.717) is 11.5 Å². The Labute approximate surface area is 241 Å². The average Bonchev–Trinajstić information content (AvgIpc) is 3.61. The Hall–Kier alpha value is -4.04. The van der Waals surface area contributed by atoms with Crippen LogP contribution in [0.3, 0.4) is 0 Å². The van der Waals surface area contributed by atoms with Crippen LogP contribution in [-0.4, -0.2) is 22.8 Å². The molecule has 0 amide bonds. The Kier molecular flexibility index (Phi) is 7.00. The van der Waals surface area contributed by atoms with Crippen LogP contribution in [0.1, 0.15) is 28.0 Å². The van der Waals surface area contributed by atoms with Crippen molar-refractivity contribution in [1.29, 1.82) is 0 Å². The van der Waals surface area contributed by atoms with E-state index in [-0.39, 0.29) is 12.5 Å². The van der Waals surface area contributed by atoms with Crippen LogP contribution in [0.2, 0.25) is 0 Å². The van der Waals surface area contributed by atoms with Gasteiger partial charge in [0.05, 0.1) is 18.5 Å². The molecule has 0 fully saturated rings. The number of nitrogens with one attached hydrogen (secondary N) is 1. The van der Waals surface area contributed by atoms with Gasteiger partial charge in [-0.2, -0.15) is 0 Å². The smallest absolute Gasteiger partial charge is 0.395 e. The lowest BCUT2D eigenvalue weighted by Gasteiger charge is -2.25. The van der Waals surface area contributed by atoms with Gasteiger partial charge in [0.2, 0.25) is 0 Å². The van der Waals surface area contributed by atoms with Gasteiger partial charge in [0, 0.05) is 16.8 Å². The van der Waals surface area contributed by atoms with Crippen LogP contribution in [0.15, 0.2) is 90.2 Å². The maximum Gasteiger partial charge on any atom is 0.587 e. The number of aliphatic imine (C=N–C) groups is 1. The molecule has 41 heavy (non-hydrogen) atoms. The van der Waals surface area contributed by atoms with E-state index in [1.165, 1.54) is 16.0 Å². The Bertz CT molecular complexity index is 1730. The van der Waals surface area contributed by atoms with Crippen LogP contribution in [-0.2, 0) is 28.5 Å². The number of thiophene rings is 1. The van der Waals surface area contributed by atoms with Crippen LogP contribution in [0.25, 0.3) is 10.2 Å². The molecule has 10 heteroatoms. The minimum absolute atomic E-state index is 0.156. The second-order valence-corrected chi connectivity index (χ2v) is 12.7. The zero-order chi connectivity index (χ0) is 27.6. The summed E-state index contributed by atoms with van der Waals surface area (Å²) in [7, 11) is -3.93. The second-order valence-electron chi connectivity index (χ2n) is 10.1. The van der Waals surface area contributed by atoms with Crippen molar-refractivity contribution in [2.45, 2.75) is 25.8 Å². The number of nitrogens with zero attached hydrogens (tertiary/aromatic N) is 3. The fraction of sp³-hybridized carbons (Fsp3) is 0.194. The number of hydrogen-bond acceptors (Lipinski definition) is 9. The first kappa shape index (κ1) is 25.9. The zero-order valence-electron chi connectivity index (χ0n) is 22.1. The number of aromatic nitrogens is 2. The van der Waals surface area contributed by atoms with Crippen molar-refractivity contribution in [3.63, 3.8) is 0 Å². The van der Waals surface area contributed by atoms with Gasteiger partial charge in [-0.25, -0.2) is 14.5 Å². The van der Waals surface area contributed by atoms with E-state index in [9.17, 15) is 4.57 Å². The number of hydrogen-bond donors (Lipinski definition) is 1. The summed E-state index contributed by atoms with van der Waals surface area (Å²) in [5.41, 5.74) is 4.63. The van der Waals surface area contributed by atoms with E-state index in [2.05, 4.69) is 38.5 Å². The maximum absolute atomic E-state index is 13.8. The molecular formula is C31H27N4O4PS. The number of phosphoric ester groups is 1. The van der Waals surface area contributed by atoms with Crippen molar-refractivity contribution in [2.75, 3.05) is 11.9 Å². The van der Waals surface area contributed by atoms with Crippen LogP contribution in [0.5, 0.6) is 11.5 Å². The number of phosphoric acid groups is 1. The molecule has 0 radical (unpaired) electrons. The largest absolute Gasteiger partial charge is 0.587 e. The number of fused-ring (bicyclic) bond motifs is 4. The first-order chi connectivity index (χ1) is 20.1. The number of rotatable bonds is 9. The van der Waals surface area contributed by atoms with Crippen LogP contribution >= 0.6 is 19.2 Å². The molecule has 206 valence electrons. The van der Waals surface area contributed by atoms with Crippen LogP contribution in [0, 0.1) is 5.92 Å². The molecule has 1 N–H and O–H groups in total. The fourth-order valence-electron chi connectivity index (χ4n) is 5.22. The molecule has 0 saturated heterocycles. The van der Waals surface area contributed by atoms with Gasteiger partial charge in [0.15, 0.2) is 0 Å². The van der Waals surface area contributed by atoms with Gasteiger partial charge in [0.25, 0.3) is 0 Å². The van der Waals surface area contributed by atoms with E-state index in [4.69, 9.17) is 13.6 Å². The Morgan fingerprint density at radius 1 is 0.951 bits per heavy atom. The van der Waals surface area contributed by atoms with E-state index >= 15 is 0 Å². The third-order valence-corrected chi connectivity index (χ3v) is 9.73. The summed E-state index contributed by atoms with van der Waals surface area (Å²) in [6.07, 6.45) is 6.05. The highest BCUT2D eigenvalue weighted by molar-refractivity contribution is 7.49. The molecule has 3 aromatic carbocycles. The highest BCUT2D eigenvalue weighted by Crippen LogP contribution is 2.50. The summed E-state index contributed by atoms with van der Waals surface area (Å²) in [4.78, 5) is 15.8. The summed E-state index contributed by atoms with van der Waals surface area (Å²) in [5, 5.41) is 4.59. The van der Waals surface area contributed by atoms with Gasteiger partial charge < -0.3 is 14.4 Å². The lowest BCUT2D eigenvalue weighted by atomic mass is 9.88. The molecule has 5 aromatic rings. The van der Waals surface area contributed by atoms with Crippen molar-refractivity contribution in [3.8, 4) is 11.5 Å². The van der Waals surface area contributed by atoms with Crippen LogP contribution < -0.4 is 14.4 Å². The maximum atomic E-state index is 13.8. The predicted molar refractivity (Wildman–Crippen MR) is 162 cm³/mol. The lowest BCUT2D eigenvalue weighted by molar-refractivity contribution is 0.171. The molecule has 8 nitrogen and oxygen atoms in total. The number of anilines is 2. The third-order valence-electron chi connectivity index (χ3n) is 7.24. The molecule has 0 saturated carbocycles. The molecular weight excluding hydrogens is 555 g/mol. The SMILES string of the molecule is O=P(OCC1CCc2c(sc3ncnc(Nc4ccc5c(c4)C=NC5)c23)C1)(Oc1ccccc1)Oc1ccccc1. The summed E-state index contributed by atoms with van der Waals surface area (Å²) in [5.74, 6) is 1.82. The van der Waals surface area contributed by atoms with Crippen molar-refractivity contribution < 1.29 is 18.1 Å². The van der Waals surface area contributed by atoms with Gasteiger partial charge in [0.1, 0.15) is 28.5 Å². The molecule has 7 rings (SSSR count). The first-order valence-electron chi connectivity index (χ1n) is 13.5. The Balaban J connectivity index is 1.09. The summed E-state index contributed by atoms with van der Waals surface area (Å²) in [6.45, 7) is 0.987. The van der Waals surface area contributed by atoms with E-state index < -0.39 is 7.82 Å². The normalized spacial score (nSPS) is 15.9. The number of para-hydroxylation sites is 2. The van der Waals surface area contributed by atoms with Gasteiger partial charge in [-0.15, -0.1) is 11.3 Å². The van der Waals surface area contributed by atoms with Gasteiger partial charge in [-0.1, -0.05) is 42.5 Å². The number of aryl methyl sites for hydroxylation is 1. The highest BCUT2D eigenvalue weighted by Gasteiger charge is 2.34. The molecule has 1 aliphatic heterocycles. The fourth-order valence-corrected chi connectivity index (χ4v) is 7.82. The molecule has 1 atom stereocenters.